The normalized spacial score (nSPS) is 20.4. The number of rotatable bonds is 5. The van der Waals surface area contributed by atoms with E-state index in [2.05, 4.69) is 57.5 Å². The third-order valence-electron chi connectivity index (χ3n) is 6.63. The van der Waals surface area contributed by atoms with Crippen LogP contribution in [0.4, 0.5) is 5.82 Å². The van der Waals surface area contributed by atoms with Gasteiger partial charge >= 0.3 is 0 Å². The van der Waals surface area contributed by atoms with Crippen LogP contribution in [0.2, 0.25) is 0 Å². The average Bonchev–Trinajstić information content (AvgIpc) is 3.45. The smallest absolute Gasteiger partial charge is 0.132 e. The third kappa shape index (κ3) is 4.34. The van der Waals surface area contributed by atoms with Crippen molar-refractivity contribution in [1.29, 1.82) is 0 Å². The van der Waals surface area contributed by atoms with E-state index in [-0.39, 0.29) is 0 Å². The van der Waals surface area contributed by atoms with Gasteiger partial charge in [0.15, 0.2) is 0 Å². The average molecular weight is 419 g/mol. The molecule has 7 heteroatoms. The number of nitrogen functional groups attached to an aromatic ring is 1. The summed E-state index contributed by atoms with van der Waals surface area (Å²) in [5.41, 5.74) is 11.3. The van der Waals surface area contributed by atoms with Gasteiger partial charge in [-0.1, -0.05) is 29.5 Å². The first-order chi connectivity index (χ1) is 15.2. The van der Waals surface area contributed by atoms with Gasteiger partial charge in [-0.25, -0.2) is 9.67 Å². The summed E-state index contributed by atoms with van der Waals surface area (Å²) in [7, 11) is 0. The SMILES string of the molecule is C[C@@H]1CCCN1Cc1ccc(-c2cnc(N)c(-c3cn(C4CCOCC4)nn3)c2)cc1. The molecule has 0 aliphatic carbocycles. The van der Waals surface area contributed by atoms with Crippen LogP contribution in [0.3, 0.4) is 0 Å². The van der Waals surface area contributed by atoms with Crippen molar-refractivity contribution >= 4 is 5.82 Å². The van der Waals surface area contributed by atoms with Crippen molar-refractivity contribution in [3.05, 3.63) is 48.3 Å². The summed E-state index contributed by atoms with van der Waals surface area (Å²) in [6.07, 6.45) is 8.33. The molecule has 3 aromatic rings. The summed E-state index contributed by atoms with van der Waals surface area (Å²) in [5.74, 6) is 0.474. The predicted octanol–water partition coefficient (Wildman–Crippen LogP) is 3.93. The predicted molar refractivity (Wildman–Crippen MR) is 121 cm³/mol. The number of aromatic nitrogens is 4. The lowest BCUT2D eigenvalue weighted by Gasteiger charge is -2.21. The van der Waals surface area contributed by atoms with E-state index in [0.717, 1.165) is 55.0 Å². The summed E-state index contributed by atoms with van der Waals surface area (Å²) in [6, 6.07) is 11.9. The van der Waals surface area contributed by atoms with E-state index in [0.29, 0.717) is 17.9 Å². The summed E-state index contributed by atoms with van der Waals surface area (Å²) in [6.45, 7) is 6.07. The molecule has 5 rings (SSSR count). The Kier molecular flexibility index (Phi) is 5.70. The minimum absolute atomic E-state index is 0.332. The lowest BCUT2D eigenvalue weighted by molar-refractivity contribution is 0.0657. The summed E-state index contributed by atoms with van der Waals surface area (Å²) < 4.78 is 7.40. The molecular formula is C24H30N6O. The molecule has 4 heterocycles. The van der Waals surface area contributed by atoms with Crippen LogP contribution < -0.4 is 5.73 Å². The van der Waals surface area contributed by atoms with Gasteiger partial charge in [0.05, 0.1) is 12.2 Å². The van der Waals surface area contributed by atoms with E-state index in [4.69, 9.17) is 10.5 Å². The monoisotopic (exact) mass is 418 g/mol. The summed E-state index contributed by atoms with van der Waals surface area (Å²) in [5, 5.41) is 8.73. The lowest BCUT2D eigenvalue weighted by Crippen LogP contribution is -2.26. The Balaban J connectivity index is 1.35. The number of pyridine rings is 1. The van der Waals surface area contributed by atoms with Crippen LogP contribution in [0, 0.1) is 0 Å². The van der Waals surface area contributed by atoms with Gasteiger partial charge in [-0.15, -0.1) is 5.10 Å². The lowest BCUT2D eigenvalue weighted by atomic mass is 10.0. The number of nitrogens with two attached hydrogens (primary N) is 1. The Labute approximate surface area is 183 Å². The fourth-order valence-electron chi connectivity index (χ4n) is 4.63. The van der Waals surface area contributed by atoms with Gasteiger partial charge in [-0.2, -0.15) is 0 Å². The highest BCUT2D eigenvalue weighted by Crippen LogP contribution is 2.30. The number of likely N-dealkylation sites (tertiary alicyclic amines) is 1. The van der Waals surface area contributed by atoms with E-state index in [1.54, 1.807) is 0 Å². The highest BCUT2D eigenvalue weighted by atomic mass is 16.5. The molecule has 2 aliphatic heterocycles. The number of hydrogen-bond acceptors (Lipinski definition) is 6. The van der Waals surface area contributed by atoms with Crippen molar-refractivity contribution in [1.82, 2.24) is 24.9 Å². The fourth-order valence-corrected chi connectivity index (χ4v) is 4.63. The molecule has 162 valence electrons. The maximum Gasteiger partial charge on any atom is 0.132 e. The van der Waals surface area contributed by atoms with E-state index in [1.165, 1.54) is 24.9 Å². The van der Waals surface area contributed by atoms with Gasteiger partial charge in [0, 0.05) is 43.1 Å². The molecule has 2 aliphatic rings. The van der Waals surface area contributed by atoms with Crippen molar-refractivity contribution in [3.63, 3.8) is 0 Å². The van der Waals surface area contributed by atoms with Gasteiger partial charge in [0.25, 0.3) is 0 Å². The minimum Gasteiger partial charge on any atom is -0.383 e. The molecule has 0 unspecified atom stereocenters. The molecule has 2 N–H and O–H groups in total. The Hall–Kier alpha value is -2.77. The Morgan fingerprint density at radius 2 is 1.90 bits per heavy atom. The van der Waals surface area contributed by atoms with Gasteiger partial charge in [-0.3, -0.25) is 4.90 Å². The zero-order valence-electron chi connectivity index (χ0n) is 18.1. The Bertz CT molecular complexity index is 1020. The van der Waals surface area contributed by atoms with Crippen LogP contribution >= 0.6 is 0 Å². The molecule has 31 heavy (non-hydrogen) atoms. The zero-order chi connectivity index (χ0) is 21.2. The van der Waals surface area contributed by atoms with E-state index in [9.17, 15) is 0 Å². The second-order valence-corrected chi connectivity index (χ2v) is 8.74. The Morgan fingerprint density at radius 3 is 2.65 bits per heavy atom. The van der Waals surface area contributed by atoms with Gasteiger partial charge in [0.2, 0.25) is 0 Å². The highest BCUT2D eigenvalue weighted by Gasteiger charge is 2.20. The molecule has 0 spiro atoms. The molecule has 0 amide bonds. The maximum atomic E-state index is 6.20. The quantitative estimate of drug-likeness (QED) is 0.676. The molecular weight excluding hydrogens is 388 g/mol. The van der Waals surface area contributed by atoms with Crippen LogP contribution in [0.25, 0.3) is 22.4 Å². The molecule has 7 nitrogen and oxygen atoms in total. The van der Waals surface area contributed by atoms with Crippen molar-refractivity contribution in [2.45, 2.75) is 51.2 Å². The van der Waals surface area contributed by atoms with Gasteiger partial charge in [-0.05, 0) is 56.3 Å². The number of nitrogens with zero attached hydrogens (tertiary/aromatic N) is 5. The molecule has 2 saturated heterocycles. The molecule has 0 radical (unpaired) electrons. The highest BCUT2D eigenvalue weighted by molar-refractivity contribution is 5.77. The van der Waals surface area contributed by atoms with Crippen molar-refractivity contribution in [2.24, 2.45) is 0 Å². The van der Waals surface area contributed by atoms with Gasteiger partial charge in [0.1, 0.15) is 11.5 Å². The molecule has 0 saturated carbocycles. The number of benzene rings is 1. The largest absolute Gasteiger partial charge is 0.383 e. The van der Waals surface area contributed by atoms with Crippen LogP contribution in [-0.2, 0) is 11.3 Å². The Morgan fingerprint density at radius 1 is 1.10 bits per heavy atom. The molecule has 2 aromatic heterocycles. The molecule has 0 bridgehead atoms. The minimum atomic E-state index is 0.332. The van der Waals surface area contributed by atoms with Crippen LogP contribution in [0.1, 0.15) is 44.2 Å². The number of anilines is 1. The van der Waals surface area contributed by atoms with Crippen molar-refractivity contribution in [3.8, 4) is 22.4 Å². The zero-order valence-corrected chi connectivity index (χ0v) is 18.1. The van der Waals surface area contributed by atoms with Gasteiger partial charge < -0.3 is 10.5 Å². The first kappa shape index (κ1) is 20.2. The van der Waals surface area contributed by atoms with E-state index >= 15 is 0 Å². The number of hydrogen-bond donors (Lipinski definition) is 1. The molecule has 1 aromatic carbocycles. The second-order valence-electron chi connectivity index (χ2n) is 8.74. The first-order valence-electron chi connectivity index (χ1n) is 11.3. The first-order valence-corrected chi connectivity index (χ1v) is 11.3. The summed E-state index contributed by atoms with van der Waals surface area (Å²) >= 11 is 0. The van der Waals surface area contributed by atoms with Crippen molar-refractivity contribution < 1.29 is 4.74 Å². The van der Waals surface area contributed by atoms with Crippen molar-refractivity contribution in [2.75, 3.05) is 25.5 Å². The van der Waals surface area contributed by atoms with Crippen LogP contribution in [-0.4, -0.2) is 50.7 Å². The molecule has 2 fully saturated rings. The standard InChI is InChI=1S/C24H30N6O/c1-17-3-2-10-29(17)15-18-4-6-19(7-5-18)20-13-22(24(25)26-14-20)23-16-30(28-27-23)21-8-11-31-12-9-21/h4-7,13-14,16-17,21H,2-3,8-12,15H2,1H3,(H2,25,26)/t17-/m1/s1. The summed E-state index contributed by atoms with van der Waals surface area (Å²) in [4.78, 5) is 7.00. The maximum absolute atomic E-state index is 6.20. The van der Waals surface area contributed by atoms with E-state index < -0.39 is 0 Å². The topological polar surface area (TPSA) is 82.1 Å². The molecule has 1 atom stereocenters. The fraction of sp³-hybridized carbons (Fsp3) is 0.458. The van der Waals surface area contributed by atoms with E-state index in [1.807, 2.05) is 17.1 Å². The van der Waals surface area contributed by atoms with Crippen LogP contribution in [0.15, 0.2) is 42.7 Å². The number of ether oxygens (including phenoxy) is 1. The second kappa shape index (κ2) is 8.77. The van der Waals surface area contributed by atoms with Crippen LogP contribution in [0.5, 0.6) is 0 Å². The third-order valence-corrected chi connectivity index (χ3v) is 6.63.